The first kappa shape index (κ1) is 16.1. The largest absolute Gasteiger partial charge is 0.508 e. The Kier molecular flexibility index (Phi) is 5.01. The third kappa shape index (κ3) is 3.94. The lowest BCUT2D eigenvalue weighted by Crippen LogP contribution is -2.36. The van der Waals surface area contributed by atoms with E-state index in [-0.39, 0.29) is 0 Å². The number of phenolic OH excluding ortho intramolecular Hbond substituents is 1. The van der Waals surface area contributed by atoms with Crippen LogP contribution in [-0.4, -0.2) is 25.8 Å². The molecule has 3 rings (SSSR count). The Morgan fingerprint density at radius 2 is 1.83 bits per heavy atom. The summed E-state index contributed by atoms with van der Waals surface area (Å²) in [6, 6.07) is 8.30. The van der Waals surface area contributed by atoms with Gasteiger partial charge in [0.1, 0.15) is 5.75 Å². The molecule has 1 aliphatic rings. The van der Waals surface area contributed by atoms with Gasteiger partial charge in [0.15, 0.2) is 0 Å². The van der Waals surface area contributed by atoms with E-state index >= 15 is 0 Å². The van der Waals surface area contributed by atoms with Gasteiger partial charge in [-0.15, -0.1) is 0 Å². The van der Waals surface area contributed by atoms with Crippen LogP contribution >= 0.6 is 0 Å². The number of aryl methyl sites for hydroxylation is 2. The third-order valence-corrected chi connectivity index (χ3v) is 4.94. The molecule has 1 aromatic carbocycles. The Hall–Kier alpha value is -1.81. The van der Waals surface area contributed by atoms with Crippen LogP contribution in [0, 0.1) is 6.92 Å². The van der Waals surface area contributed by atoms with Gasteiger partial charge in [-0.2, -0.15) is 5.10 Å². The number of hydrogen-bond acceptors (Lipinski definition) is 3. The molecule has 23 heavy (non-hydrogen) atoms. The van der Waals surface area contributed by atoms with E-state index in [1.807, 2.05) is 29.9 Å². The zero-order valence-corrected chi connectivity index (χ0v) is 14.2. The summed E-state index contributed by atoms with van der Waals surface area (Å²) in [5.74, 6) is 0.399. The number of aromatic hydroxyl groups is 1. The first-order valence-corrected chi connectivity index (χ1v) is 8.63. The molecule has 124 valence electrons. The Balaban J connectivity index is 1.81. The second-order valence-electron chi connectivity index (χ2n) is 6.74. The third-order valence-electron chi connectivity index (χ3n) is 4.94. The molecule has 1 saturated carbocycles. The summed E-state index contributed by atoms with van der Waals surface area (Å²) in [5.41, 5.74) is 3.40. The number of rotatable bonds is 5. The zero-order chi connectivity index (χ0) is 16.2. The maximum absolute atomic E-state index is 10.1. The fourth-order valence-corrected chi connectivity index (χ4v) is 3.65. The Morgan fingerprint density at radius 1 is 1.13 bits per heavy atom. The molecule has 1 aromatic heterocycles. The molecule has 4 heteroatoms. The molecule has 2 aromatic rings. The number of nitrogens with zero attached hydrogens (tertiary/aromatic N) is 3. The first-order chi connectivity index (χ1) is 11.1. The first-order valence-electron chi connectivity index (χ1n) is 8.63. The summed E-state index contributed by atoms with van der Waals surface area (Å²) >= 11 is 0. The maximum Gasteiger partial charge on any atom is 0.120 e. The van der Waals surface area contributed by atoms with Crippen LogP contribution in [0.3, 0.4) is 0 Å². The van der Waals surface area contributed by atoms with Gasteiger partial charge in [0.2, 0.25) is 0 Å². The van der Waals surface area contributed by atoms with Gasteiger partial charge in [-0.1, -0.05) is 37.5 Å². The van der Waals surface area contributed by atoms with Crippen LogP contribution in [0.15, 0.2) is 30.5 Å². The molecule has 0 atom stereocenters. The highest BCUT2D eigenvalue weighted by Gasteiger charge is 2.23. The van der Waals surface area contributed by atoms with Gasteiger partial charge in [0.05, 0.1) is 5.69 Å². The Labute approximate surface area is 138 Å². The van der Waals surface area contributed by atoms with Crippen molar-refractivity contribution in [3.05, 3.63) is 47.3 Å². The van der Waals surface area contributed by atoms with Gasteiger partial charge >= 0.3 is 0 Å². The standard InChI is InChI=1S/C19H27N3O/c1-15-17(12-21(2)20-15)14-22(18-9-4-3-5-10-18)13-16-8-6-7-11-19(16)23/h6-8,11-12,18,23H,3-5,9-10,13-14H2,1-2H3. The van der Waals surface area contributed by atoms with E-state index < -0.39 is 0 Å². The normalized spacial score (nSPS) is 16.1. The number of hydrogen-bond donors (Lipinski definition) is 1. The number of phenols is 1. The van der Waals surface area contributed by atoms with Crippen LogP contribution in [0.4, 0.5) is 0 Å². The van der Waals surface area contributed by atoms with Gasteiger partial charge < -0.3 is 5.11 Å². The molecule has 1 aliphatic carbocycles. The van der Waals surface area contributed by atoms with Crippen LogP contribution in [0.2, 0.25) is 0 Å². The minimum atomic E-state index is 0.399. The van der Waals surface area contributed by atoms with Gasteiger partial charge in [-0.25, -0.2) is 0 Å². The number of para-hydroxylation sites is 1. The van der Waals surface area contributed by atoms with E-state index in [0.717, 1.165) is 24.3 Å². The monoisotopic (exact) mass is 313 g/mol. The van der Waals surface area contributed by atoms with Gasteiger partial charge in [0, 0.05) is 43.5 Å². The SMILES string of the molecule is Cc1nn(C)cc1CN(Cc1ccccc1O)C1CCCCC1. The summed E-state index contributed by atoms with van der Waals surface area (Å²) in [5, 5.41) is 14.6. The lowest BCUT2D eigenvalue weighted by Gasteiger charge is -2.34. The predicted octanol–water partition coefficient (Wildman–Crippen LogP) is 3.77. The van der Waals surface area contributed by atoms with Crippen molar-refractivity contribution < 1.29 is 5.11 Å². The van der Waals surface area contributed by atoms with Crippen molar-refractivity contribution in [3.63, 3.8) is 0 Å². The predicted molar refractivity (Wildman–Crippen MR) is 92.2 cm³/mol. The van der Waals surface area contributed by atoms with Crippen molar-refractivity contribution in [2.45, 2.75) is 58.2 Å². The summed E-state index contributed by atoms with van der Waals surface area (Å²) in [6.07, 6.45) is 8.62. The van der Waals surface area contributed by atoms with Crippen molar-refractivity contribution >= 4 is 0 Å². The molecule has 0 unspecified atom stereocenters. The zero-order valence-electron chi connectivity index (χ0n) is 14.2. The lowest BCUT2D eigenvalue weighted by molar-refractivity contribution is 0.138. The maximum atomic E-state index is 10.1. The van der Waals surface area contributed by atoms with E-state index in [9.17, 15) is 5.11 Å². The van der Waals surface area contributed by atoms with Crippen molar-refractivity contribution in [1.29, 1.82) is 0 Å². The van der Waals surface area contributed by atoms with Crippen LogP contribution < -0.4 is 0 Å². The van der Waals surface area contributed by atoms with Crippen molar-refractivity contribution in [2.24, 2.45) is 7.05 Å². The van der Waals surface area contributed by atoms with E-state index in [0.29, 0.717) is 11.8 Å². The second-order valence-corrected chi connectivity index (χ2v) is 6.74. The van der Waals surface area contributed by atoms with E-state index in [1.165, 1.54) is 37.7 Å². The number of benzene rings is 1. The molecule has 0 aliphatic heterocycles. The van der Waals surface area contributed by atoms with Crippen LogP contribution in [0.5, 0.6) is 5.75 Å². The molecular weight excluding hydrogens is 286 g/mol. The van der Waals surface area contributed by atoms with Gasteiger partial charge in [-0.05, 0) is 25.8 Å². The van der Waals surface area contributed by atoms with Crippen LogP contribution in [0.1, 0.15) is 48.9 Å². The quantitative estimate of drug-likeness (QED) is 0.913. The van der Waals surface area contributed by atoms with E-state index in [4.69, 9.17) is 0 Å². The summed E-state index contributed by atoms with van der Waals surface area (Å²) < 4.78 is 1.89. The average Bonchev–Trinajstić information content (AvgIpc) is 2.87. The molecule has 0 saturated heterocycles. The minimum absolute atomic E-state index is 0.399. The molecule has 0 radical (unpaired) electrons. The number of aromatic nitrogens is 2. The van der Waals surface area contributed by atoms with Crippen LogP contribution in [-0.2, 0) is 20.1 Å². The smallest absolute Gasteiger partial charge is 0.120 e. The lowest BCUT2D eigenvalue weighted by atomic mass is 9.93. The molecule has 0 spiro atoms. The summed E-state index contributed by atoms with van der Waals surface area (Å²) in [7, 11) is 1.98. The molecule has 0 amide bonds. The van der Waals surface area contributed by atoms with Gasteiger partial charge in [0.25, 0.3) is 0 Å². The van der Waals surface area contributed by atoms with Crippen molar-refractivity contribution in [2.75, 3.05) is 0 Å². The highest BCUT2D eigenvalue weighted by Crippen LogP contribution is 2.28. The van der Waals surface area contributed by atoms with Gasteiger partial charge in [-0.3, -0.25) is 9.58 Å². The van der Waals surface area contributed by atoms with Crippen molar-refractivity contribution in [3.8, 4) is 5.75 Å². The topological polar surface area (TPSA) is 41.3 Å². The summed E-state index contributed by atoms with van der Waals surface area (Å²) in [4.78, 5) is 2.53. The fourth-order valence-electron chi connectivity index (χ4n) is 3.65. The Morgan fingerprint density at radius 3 is 2.48 bits per heavy atom. The van der Waals surface area contributed by atoms with E-state index in [2.05, 4.69) is 23.1 Å². The van der Waals surface area contributed by atoms with Crippen molar-refractivity contribution in [1.82, 2.24) is 14.7 Å². The molecule has 1 N–H and O–H groups in total. The average molecular weight is 313 g/mol. The van der Waals surface area contributed by atoms with E-state index in [1.54, 1.807) is 6.07 Å². The molecule has 0 bridgehead atoms. The summed E-state index contributed by atoms with van der Waals surface area (Å²) in [6.45, 7) is 3.78. The molecule has 1 heterocycles. The Bertz CT molecular complexity index is 644. The molecular formula is C19H27N3O. The van der Waals surface area contributed by atoms with Crippen LogP contribution in [0.25, 0.3) is 0 Å². The molecule has 1 fully saturated rings. The fraction of sp³-hybridized carbons (Fsp3) is 0.526. The molecule has 4 nitrogen and oxygen atoms in total. The minimum Gasteiger partial charge on any atom is -0.508 e. The highest BCUT2D eigenvalue weighted by molar-refractivity contribution is 5.31. The highest BCUT2D eigenvalue weighted by atomic mass is 16.3. The second kappa shape index (κ2) is 7.18.